The molecule has 23 heavy (non-hydrogen) atoms. The Balaban J connectivity index is 2.15. The molecule has 3 N–H and O–H groups in total. The van der Waals surface area contributed by atoms with Gasteiger partial charge in [0.2, 0.25) is 0 Å². The van der Waals surface area contributed by atoms with Gasteiger partial charge in [0, 0.05) is 22.9 Å². The average molecular weight is 313 g/mol. The fraction of sp³-hybridized carbons (Fsp3) is 0.474. The minimum Gasteiger partial charge on any atom is -0.504 e. The number of aromatic hydroxyl groups is 1. The summed E-state index contributed by atoms with van der Waals surface area (Å²) in [5, 5.41) is 12.3. The van der Waals surface area contributed by atoms with Crippen molar-refractivity contribution in [1.82, 2.24) is 0 Å². The number of phenols is 1. The number of aryl methyl sites for hydroxylation is 2. The number of nitrogens with two attached hydrogens (primary N) is 1. The van der Waals surface area contributed by atoms with Crippen LogP contribution in [0.15, 0.2) is 21.0 Å². The van der Waals surface area contributed by atoms with Crippen LogP contribution >= 0.6 is 0 Å². The van der Waals surface area contributed by atoms with Gasteiger partial charge in [-0.3, -0.25) is 0 Å². The molecule has 4 heteroatoms. The fourth-order valence-electron chi connectivity index (χ4n) is 4.31. The van der Waals surface area contributed by atoms with E-state index in [4.69, 9.17) is 14.6 Å². The molecule has 122 valence electrons. The number of furan rings is 2. The summed E-state index contributed by atoms with van der Waals surface area (Å²) >= 11 is 0. The smallest absolute Gasteiger partial charge is 0.177 e. The number of rotatable bonds is 2. The first-order valence-electron chi connectivity index (χ1n) is 8.41. The number of benzene rings is 1. The Morgan fingerprint density at radius 2 is 1.61 bits per heavy atom. The Morgan fingerprint density at radius 1 is 1.00 bits per heavy atom. The van der Waals surface area contributed by atoms with Gasteiger partial charge in [-0.1, -0.05) is 19.3 Å². The molecule has 1 aliphatic carbocycles. The SMILES string of the molecule is Cc1cc2c(C3(CN)CCCCC3)c3oc(C)cc3c(O)c2o1. The summed E-state index contributed by atoms with van der Waals surface area (Å²) in [4.78, 5) is 0. The molecule has 0 unspecified atom stereocenters. The van der Waals surface area contributed by atoms with Crippen LogP contribution in [0.25, 0.3) is 21.9 Å². The van der Waals surface area contributed by atoms with E-state index in [1.54, 1.807) is 0 Å². The number of phenolic OH excluding ortho intramolecular Hbond substituents is 1. The lowest BCUT2D eigenvalue weighted by molar-refractivity contribution is 0.302. The van der Waals surface area contributed by atoms with Gasteiger partial charge in [0.15, 0.2) is 11.3 Å². The largest absolute Gasteiger partial charge is 0.504 e. The van der Waals surface area contributed by atoms with Crippen LogP contribution in [0.1, 0.15) is 49.2 Å². The van der Waals surface area contributed by atoms with Gasteiger partial charge in [0.25, 0.3) is 0 Å². The third kappa shape index (κ3) is 2.01. The van der Waals surface area contributed by atoms with Crippen LogP contribution in [0, 0.1) is 13.8 Å². The Morgan fingerprint density at radius 3 is 2.26 bits per heavy atom. The topological polar surface area (TPSA) is 72.5 Å². The van der Waals surface area contributed by atoms with Crippen LogP contribution < -0.4 is 5.73 Å². The van der Waals surface area contributed by atoms with Gasteiger partial charge >= 0.3 is 0 Å². The first-order chi connectivity index (χ1) is 11.1. The lowest BCUT2D eigenvalue weighted by Crippen LogP contribution is -2.37. The molecule has 1 aromatic carbocycles. The Bertz CT molecular complexity index is 823. The maximum Gasteiger partial charge on any atom is 0.177 e. The van der Waals surface area contributed by atoms with E-state index in [1.165, 1.54) is 19.3 Å². The van der Waals surface area contributed by atoms with Gasteiger partial charge in [-0.05, 0) is 38.8 Å². The van der Waals surface area contributed by atoms with Gasteiger partial charge in [-0.25, -0.2) is 0 Å². The average Bonchev–Trinajstić information content (AvgIpc) is 3.11. The summed E-state index contributed by atoms with van der Waals surface area (Å²) in [6, 6.07) is 3.90. The molecule has 0 radical (unpaired) electrons. The van der Waals surface area contributed by atoms with Crippen molar-refractivity contribution >= 4 is 21.9 Å². The molecule has 4 rings (SSSR count). The Kier molecular flexibility index (Phi) is 3.20. The molecule has 0 saturated heterocycles. The van der Waals surface area contributed by atoms with Crippen molar-refractivity contribution in [3.63, 3.8) is 0 Å². The third-order valence-electron chi connectivity index (χ3n) is 5.41. The van der Waals surface area contributed by atoms with Crippen molar-refractivity contribution in [2.75, 3.05) is 6.54 Å². The molecule has 2 aromatic heterocycles. The van der Waals surface area contributed by atoms with Crippen molar-refractivity contribution in [3.8, 4) is 5.75 Å². The van der Waals surface area contributed by atoms with Crippen LogP contribution in [0.4, 0.5) is 0 Å². The maximum atomic E-state index is 10.6. The summed E-state index contributed by atoms with van der Waals surface area (Å²) in [7, 11) is 0. The van der Waals surface area contributed by atoms with E-state index in [2.05, 4.69) is 0 Å². The molecule has 3 aromatic rings. The minimum absolute atomic E-state index is 0.0942. The van der Waals surface area contributed by atoms with Crippen molar-refractivity contribution in [1.29, 1.82) is 0 Å². The first kappa shape index (κ1) is 14.6. The fourth-order valence-corrected chi connectivity index (χ4v) is 4.31. The van der Waals surface area contributed by atoms with E-state index >= 15 is 0 Å². The van der Waals surface area contributed by atoms with Gasteiger partial charge in [-0.15, -0.1) is 0 Å². The molecule has 0 aliphatic heterocycles. The number of hydrogen-bond donors (Lipinski definition) is 2. The molecule has 1 fully saturated rings. The highest BCUT2D eigenvalue weighted by Gasteiger charge is 2.38. The highest BCUT2D eigenvalue weighted by atomic mass is 16.4. The maximum absolute atomic E-state index is 10.6. The predicted molar refractivity (Wildman–Crippen MR) is 90.9 cm³/mol. The summed E-state index contributed by atoms with van der Waals surface area (Å²) in [5.41, 5.74) is 8.64. The normalized spacial score (nSPS) is 18.0. The second-order valence-corrected chi connectivity index (χ2v) is 6.97. The summed E-state index contributed by atoms with van der Waals surface area (Å²) in [5.74, 6) is 1.76. The van der Waals surface area contributed by atoms with Crippen molar-refractivity contribution in [3.05, 3.63) is 29.2 Å². The van der Waals surface area contributed by atoms with E-state index in [-0.39, 0.29) is 11.2 Å². The molecule has 0 spiro atoms. The molecule has 2 heterocycles. The lowest BCUT2D eigenvalue weighted by atomic mass is 9.68. The second-order valence-electron chi connectivity index (χ2n) is 6.97. The van der Waals surface area contributed by atoms with Gasteiger partial charge < -0.3 is 19.7 Å². The van der Waals surface area contributed by atoms with Crippen molar-refractivity contribution in [2.45, 2.75) is 51.4 Å². The van der Waals surface area contributed by atoms with Crippen LogP contribution in [-0.2, 0) is 5.41 Å². The molecule has 1 saturated carbocycles. The van der Waals surface area contributed by atoms with E-state index in [9.17, 15) is 5.11 Å². The summed E-state index contributed by atoms with van der Waals surface area (Å²) in [6.45, 7) is 4.41. The monoisotopic (exact) mass is 313 g/mol. The lowest BCUT2D eigenvalue weighted by Gasteiger charge is -2.37. The van der Waals surface area contributed by atoms with E-state index in [1.807, 2.05) is 26.0 Å². The van der Waals surface area contributed by atoms with Crippen LogP contribution in [0.3, 0.4) is 0 Å². The highest BCUT2D eigenvalue weighted by molar-refractivity contribution is 6.05. The molecule has 0 atom stereocenters. The zero-order valence-electron chi connectivity index (χ0n) is 13.7. The summed E-state index contributed by atoms with van der Waals surface area (Å²) < 4.78 is 11.8. The molecule has 4 nitrogen and oxygen atoms in total. The highest BCUT2D eigenvalue weighted by Crippen LogP contribution is 2.49. The van der Waals surface area contributed by atoms with Crippen LogP contribution in [0.2, 0.25) is 0 Å². The molecule has 0 bridgehead atoms. The zero-order valence-corrected chi connectivity index (χ0v) is 13.7. The quantitative estimate of drug-likeness (QED) is 0.721. The van der Waals surface area contributed by atoms with Gasteiger partial charge in [0.05, 0.1) is 5.39 Å². The van der Waals surface area contributed by atoms with Crippen LogP contribution in [-0.4, -0.2) is 11.7 Å². The van der Waals surface area contributed by atoms with Gasteiger partial charge in [-0.2, -0.15) is 0 Å². The predicted octanol–water partition coefficient (Wildman–Crippen LogP) is 4.66. The second kappa shape index (κ2) is 5.03. The van der Waals surface area contributed by atoms with Crippen molar-refractivity contribution in [2.24, 2.45) is 5.73 Å². The number of hydrogen-bond acceptors (Lipinski definition) is 4. The zero-order chi connectivity index (χ0) is 16.2. The molecule has 1 aliphatic rings. The number of fused-ring (bicyclic) bond motifs is 2. The Hall–Kier alpha value is -1.94. The van der Waals surface area contributed by atoms with E-state index in [0.717, 1.165) is 46.3 Å². The minimum atomic E-state index is -0.0942. The Labute approximate surface area is 135 Å². The first-order valence-corrected chi connectivity index (χ1v) is 8.41. The molecule has 0 amide bonds. The van der Waals surface area contributed by atoms with Crippen molar-refractivity contribution < 1.29 is 13.9 Å². The van der Waals surface area contributed by atoms with E-state index in [0.29, 0.717) is 12.1 Å². The van der Waals surface area contributed by atoms with Crippen LogP contribution in [0.5, 0.6) is 5.75 Å². The van der Waals surface area contributed by atoms with E-state index < -0.39 is 0 Å². The summed E-state index contributed by atoms with van der Waals surface area (Å²) in [6.07, 6.45) is 5.73. The molecular formula is C19H23NO3. The molecular weight excluding hydrogens is 290 g/mol. The standard InChI is InChI=1S/C19H23NO3/c1-11-8-13-15(19(10-20)6-4-3-5-7-19)17-14(9-12(2)22-17)16(21)18(13)23-11/h8-9,21H,3-7,10,20H2,1-2H3. The van der Waals surface area contributed by atoms with Gasteiger partial charge in [0.1, 0.15) is 17.1 Å². The third-order valence-corrected chi connectivity index (χ3v) is 5.41.